The Hall–Kier alpha value is -4.35. The smallest absolute Gasteiger partial charge is 0.274 e. The van der Waals surface area contributed by atoms with Gasteiger partial charge in [-0.3, -0.25) is 23.6 Å². The second-order valence-electron chi connectivity index (χ2n) is 13.0. The van der Waals surface area contributed by atoms with Gasteiger partial charge in [-0.25, -0.2) is 14.4 Å². The number of nitrogens with zero attached hydrogens (tertiary/aromatic N) is 5. The summed E-state index contributed by atoms with van der Waals surface area (Å²) in [4.78, 5) is 65.2. The number of fused-ring (bicyclic) bond motifs is 1. The standard InChI is InChI=1S/C33H44FN7O4/c1-7-21(2)29(43)38-28(33(4,5)6)31(45)41-18-25(36-22(3)42)17-26(41)19-39(16-13-23-9-11-24(34)12-10-23)30(44)27-20-40-15-8-14-35-32(40)37-27/h8-12,14-15,20-21,25-26,28H,7,13,16-19H2,1-6H3,(H,36,42)(H,38,43)/t21-,25+,26+,28-/m1/s1. The summed E-state index contributed by atoms with van der Waals surface area (Å²) in [6, 6.07) is 6.27. The number of amides is 4. The molecule has 1 saturated heterocycles. The van der Waals surface area contributed by atoms with Crippen LogP contribution in [0.15, 0.2) is 48.9 Å². The number of carbonyl (C=O) groups is 4. The van der Waals surface area contributed by atoms with Crippen molar-refractivity contribution in [3.8, 4) is 0 Å². The normalized spacial score (nSPS) is 18.0. The zero-order valence-electron chi connectivity index (χ0n) is 26.9. The monoisotopic (exact) mass is 621 g/mol. The van der Waals surface area contributed by atoms with Crippen molar-refractivity contribution in [2.75, 3.05) is 19.6 Å². The van der Waals surface area contributed by atoms with Crippen LogP contribution in [0.2, 0.25) is 0 Å². The van der Waals surface area contributed by atoms with Crippen LogP contribution in [-0.2, 0) is 20.8 Å². The van der Waals surface area contributed by atoms with E-state index in [-0.39, 0.29) is 66.7 Å². The number of likely N-dealkylation sites (tertiary alicyclic amines) is 1. The number of hydrogen-bond donors (Lipinski definition) is 2. The molecular formula is C33H44FN7O4. The molecule has 0 aliphatic carbocycles. The van der Waals surface area contributed by atoms with Crippen molar-refractivity contribution in [1.29, 1.82) is 0 Å². The van der Waals surface area contributed by atoms with Crippen molar-refractivity contribution >= 4 is 29.4 Å². The summed E-state index contributed by atoms with van der Waals surface area (Å²) in [6.45, 7) is 11.6. The highest BCUT2D eigenvalue weighted by Gasteiger charge is 2.43. The molecule has 1 aliphatic heterocycles. The lowest BCUT2D eigenvalue weighted by Gasteiger charge is -2.37. The largest absolute Gasteiger partial charge is 0.352 e. The molecule has 0 spiro atoms. The first kappa shape index (κ1) is 33.5. The molecule has 0 saturated carbocycles. The molecule has 3 aromatic rings. The number of benzene rings is 1. The van der Waals surface area contributed by atoms with Gasteiger partial charge in [0.25, 0.3) is 5.91 Å². The van der Waals surface area contributed by atoms with E-state index in [1.54, 1.807) is 51.0 Å². The van der Waals surface area contributed by atoms with Gasteiger partial charge in [-0.05, 0) is 48.4 Å². The summed E-state index contributed by atoms with van der Waals surface area (Å²) < 4.78 is 15.2. The molecule has 2 aromatic heterocycles. The van der Waals surface area contributed by atoms with E-state index >= 15 is 0 Å². The van der Waals surface area contributed by atoms with E-state index in [0.29, 0.717) is 25.0 Å². The molecule has 3 heterocycles. The fraction of sp³-hybridized carbons (Fsp3) is 0.515. The molecule has 1 aliphatic rings. The molecule has 4 amide bonds. The number of aromatic nitrogens is 3. The lowest BCUT2D eigenvalue weighted by molar-refractivity contribution is -0.141. The Morgan fingerprint density at radius 1 is 1.16 bits per heavy atom. The van der Waals surface area contributed by atoms with E-state index in [1.807, 2.05) is 34.6 Å². The molecule has 11 nitrogen and oxygen atoms in total. The number of imidazole rings is 1. The summed E-state index contributed by atoms with van der Waals surface area (Å²) in [5.41, 5.74) is 0.454. The summed E-state index contributed by atoms with van der Waals surface area (Å²) in [5, 5.41) is 5.91. The van der Waals surface area contributed by atoms with Gasteiger partial charge in [0.05, 0.1) is 6.04 Å². The molecule has 4 rings (SSSR count). The summed E-state index contributed by atoms with van der Waals surface area (Å²) in [7, 11) is 0. The van der Waals surface area contributed by atoms with E-state index in [1.165, 1.54) is 19.1 Å². The minimum atomic E-state index is -0.814. The number of halogens is 1. The molecule has 0 unspecified atom stereocenters. The van der Waals surface area contributed by atoms with Gasteiger partial charge < -0.3 is 20.4 Å². The molecule has 2 N–H and O–H groups in total. The van der Waals surface area contributed by atoms with Crippen molar-refractivity contribution in [2.45, 2.75) is 78.9 Å². The zero-order valence-corrected chi connectivity index (χ0v) is 26.9. The fourth-order valence-corrected chi connectivity index (χ4v) is 5.58. The first-order valence-electron chi connectivity index (χ1n) is 15.5. The first-order chi connectivity index (χ1) is 21.3. The van der Waals surface area contributed by atoms with Gasteiger partial charge in [-0.1, -0.05) is 46.8 Å². The van der Waals surface area contributed by atoms with Gasteiger partial charge in [-0.2, -0.15) is 0 Å². The van der Waals surface area contributed by atoms with Gasteiger partial charge in [0.15, 0.2) is 0 Å². The van der Waals surface area contributed by atoms with Crippen molar-refractivity contribution in [2.24, 2.45) is 11.3 Å². The lowest BCUT2D eigenvalue weighted by Crippen LogP contribution is -2.58. The van der Waals surface area contributed by atoms with Crippen LogP contribution < -0.4 is 10.6 Å². The van der Waals surface area contributed by atoms with Gasteiger partial charge in [0, 0.05) is 57.1 Å². The maximum absolute atomic E-state index is 14.3. The highest BCUT2D eigenvalue weighted by molar-refractivity contribution is 5.93. The Balaban J connectivity index is 1.65. The fourth-order valence-electron chi connectivity index (χ4n) is 5.58. The van der Waals surface area contributed by atoms with E-state index in [2.05, 4.69) is 20.6 Å². The molecule has 242 valence electrons. The number of nitrogens with one attached hydrogen (secondary N) is 2. The molecule has 45 heavy (non-hydrogen) atoms. The van der Waals surface area contributed by atoms with Crippen LogP contribution in [0.3, 0.4) is 0 Å². The molecule has 0 bridgehead atoms. The summed E-state index contributed by atoms with van der Waals surface area (Å²) in [6.07, 6.45) is 6.48. The van der Waals surface area contributed by atoms with Crippen molar-refractivity contribution < 1.29 is 23.6 Å². The van der Waals surface area contributed by atoms with Gasteiger partial charge in [-0.15, -0.1) is 0 Å². The second kappa shape index (κ2) is 14.2. The third-order valence-electron chi connectivity index (χ3n) is 8.32. The van der Waals surface area contributed by atoms with Gasteiger partial charge in [0.2, 0.25) is 23.5 Å². The van der Waals surface area contributed by atoms with Crippen LogP contribution in [0.25, 0.3) is 5.78 Å². The Kier molecular flexibility index (Phi) is 10.6. The van der Waals surface area contributed by atoms with Crippen molar-refractivity contribution in [3.05, 3.63) is 66.0 Å². The van der Waals surface area contributed by atoms with Crippen LogP contribution in [0, 0.1) is 17.2 Å². The van der Waals surface area contributed by atoms with E-state index < -0.39 is 17.5 Å². The van der Waals surface area contributed by atoms with Crippen LogP contribution in [0.5, 0.6) is 0 Å². The third kappa shape index (κ3) is 8.43. The van der Waals surface area contributed by atoms with Crippen molar-refractivity contribution in [1.82, 2.24) is 34.8 Å². The predicted octanol–water partition coefficient (Wildman–Crippen LogP) is 3.24. The Labute approximate surface area is 263 Å². The first-order valence-corrected chi connectivity index (χ1v) is 15.5. The lowest BCUT2D eigenvalue weighted by atomic mass is 9.85. The predicted molar refractivity (Wildman–Crippen MR) is 168 cm³/mol. The molecule has 1 fully saturated rings. The van der Waals surface area contributed by atoms with Crippen LogP contribution in [-0.4, -0.2) is 85.6 Å². The average Bonchev–Trinajstić information content (AvgIpc) is 3.60. The minimum Gasteiger partial charge on any atom is -0.352 e. The number of rotatable bonds is 11. The van der Waals surface area contributed by atoms with E-state index in [9.17, 15) is 23.6 Å². The van der Waals surface area contributed by atoms with Crippen LogP contribution >= 0.6 is 0 Å². The average molecular weight is 622 g/mol. The summed E-state index contributed by atoms with van der Waals surface area (Å²) in [5.74, 6) is -1.24. The highest BCUT2D eigenvalue weighted by atomic mass is 19.1. The number of carbonyl (C=O) groups excluding carboxylic acids is 4. The van der Waals surface area contributed by atoms with Gasteiger partial charge in [0.1, 0.15) is 17.6 Å². The Bertz CT molecular complexity index is 1480. The molecular weight excluding hydrogens is 577 g/mol. The van der Waals surface area contributed by atoms with E-state index in [4.69, 9.17) is 0 Å². The molecule has 0 radical (unpaired) electrons. The topological polar surface area (TPSA) is 129 Å². The van der Waals surface area contributed by atoms with Crippen LogP contribution in [0.1, 0.15) is 70.4 Å². The zero-order chi connectivity index (χ0) is 32.9. The Morgan fingerprint density at radius 3 is 2.49 bits per heavy atom. The SMILES string of the molecule is CC[C@@H](C)C(=O)N[C@H](C(=O)N1C[C@@H](NC(C)=O)C[C@H]1CN(CCc1ccc(F)cc1)C(=O)c1cn2cccnc2n1)C(C)(C)C. The van der Waals surface area contributed by atoms with Crippen molar-refractivity contribution in [3.63, 3.8) is 0 Å². The van der Waals surface area contributed by atoms with Gasteiger partial charge >= 0.3 is 0 Å². The highest BCUT2D eigenvalue weighted by Crippen LogP contribution is 2.27. The van der Waals surface area contributed by atoms with Crippen LogP contribution in [0.4, 0.5) is 4.39 Å². The molecule has 1 aromatic carbocycles. The maximum Gasteiger partial charge on any atom is 0.274 e. The molecule has 4 atom stereocenters. The summed E-state index contributed by atoms with van der Waals surface area (Å²) >= 11 is 0. The quantitative estimate of drug-likeness (QED) is 0.338. The second-order valence-corrected chi connectivity index (χ2v) is 13.0. The molecule has 12 heteroatoms. The Morgan fingerprint density at radius 2 is 1.87 bits per heavy atom. The third-order valence-corrected chi connectivity index (χ3v) is 8.32. The maximum atomic E-state index is 14.3. The minimum absolute atomic E-state index is 0.166. The van der Waals surface area contributed by atoms with E-state index in [0.717, 1.165) is 5.56 Å². The number of hydrogen-bond acceptors (Lipinski definition) is 6.